The highest BCUT2D eigenvalue weighted by Gasteiger charge is 2.38. The van der Waals surface area contributed by atoms with Crippen molar-refractivity contribution in [1.29, 1.82) is 0 Å². The van der Waals surface area contributed by atoms with Crippen molar-refractivity contribution in [3.05, 3.63) is 101 Å². The van der Waals surface area contributed by atoms with Gasteiger partial charge in [-0.15, -0.1) is 0 Å². The van der Waals surface area contributed by atoms with Crippen LogP contribution in [-0.4, -0.2) is 66.0 Å². The van der Waals surface area contributed by atoms with Crippen LogP contribution < -0.4 is 0 Å². The summed E-state index contributed by atoms with van der Waals surface area (Å²) in [5.74, 6) is -2.89. The topological polar surface area (TPSA) is 108 Å². The minimum Gasteiger partial charge on any atom is -0.384 e. The van der Waals surface area contributed by atoms with Gasteiger partial charge in [0.15, 0.2) is 9.84 Å². The minimum atomic E-state index is -3.51. The quantitative estimate of drug-likeness (QED) is 0.418. The lowest BCUT2D eigenvalue weighted by atomic mass is 9.93. The van der Waals surface area contributed by atoms with Crippen molar-refractivity contribution in [1.82, 2.24) is 14.8 Å². The molecule has 0 saturated heterocycles. The van der Waals surface area contributed by atoms with E-state index in [1.165, 1.54) is 34.2 Å². The maximum atomic E-state index is 14.2. The van der Waals surface area contributed by atoms with E-state index >= 15 is 0 Å². The molecule has 2 amide bonds. The van der Waals surface area contributed by atoms with Gasteiger partial charge < -0.3 is 14.9 Å². The number of nitrogens with zero attached hydrogens (tertiary/aromatic N) is 3. The highest BCUT2D eigenvalue weighted by Crippen LogP contribution is 2.29. The molecule has 0 unspecified atom stereocenters. The summed E-state index contributed by atoms with van der Waals surface area (Å²) >= 11 is 0. The van der Waals surface area contributed by atoms with Gasteiger partial charge in [0.2, 0.25) is 11.8 Å². The van der Waals surface area contributed by atoms with Gasteiger partial charge >= 0.3 is 0 Å². The number of aliphatic hydroxyl groups is 1. The van der Waals surface area contributed by atoms with Gasteiger partial charge in [0.05, 0.1) is 17.5 Å². The van der Waals surface area contributed by atoms with Crippen LogP contribution in [-0.2, 0) is 31.6 Å². The van der Waals surface area contributed by atoms with Crippen LogP contribution in [0.1, 0.15) is 36.6 Å². The molecular formula is C30H32FN3O5S. The first-order valence-corrected chi connectivity index (χ1v) is 14.4. The average Bonchev–Trinajstić information content (AvgIpc) is 3.27. The summed E-state index contributed by atoms with van der Waals surface area (Å²) in [6.45, 7) is 3.19. The van der Waals surface area contributed by atoms with Crippen molar-refractivity contribution >= 4 is 21.7 Å². The molecule has 2 aromatic carbocycles. The fourth-order valence-corrected chi connectivity index (χ4v) is 5.84. The fraction of sp³-hybridized carbons (Fsp3) is 0.300. The van der Waals surface area contributed by atoms with Crippen LogP contribution in [0.2, 0.25) is 0 Å². The third-order valence-electron chi connectivity index (χ3n) is 6.75. The van der Waals surface area contributed by atoms with Crippen molar-refractivity contribution in [2.45, 2.75) is 38.0 Å². The van der Waals surface area contributed by atoms with Crippen molar-refractivity contribution in [2.24, 2.45) is 0 Å². The molecule has 1 aliphatic rings. The van der Waals surface area contributed by atoms with E-state index in [0.717, 1.165) is 16.5 Å². The lowest BCUT2D eigenvalue weighted by Crippen LogP contribution is -2.46. The number of carbonyl (C=O) groups excluding carboxylic acids is 2. The second kappa shape index (κ2) is 11.3. The zero-order valence-electron chi connectivity index (χ0n) is 22.8. The zero-order chi connectivity index (χ0) is 29.2. The van der Waals surface area contributed by atoms with Crippen LogP contribution >= 0.6 is 0 Å². The first-order chi connectivity index (χ1) is 18.7. The number of sulfone groups is 1. The lowest BCUT2D eigenvalue weighted by molar-refractivity contribution is -0.143. The number of aromatic nitrogens is 1. The molecule has 0 spiro atoms. The third-order valence-corrected chi connectivity index (χ3v) is 8.13. The number of hydrogen-bond acceptors (Lipinski definition) is 6. The molecule has 210 valence electrons. The second-order valence-corrected chi connectivity index (χ2v) is 12.5. The monoisotopic (exact) mass is 565 g/mol. The van der Waals surface area contributed by atoms with Crippen LogP contribution in [0.5, 0.6) is 0 Å². The van der Waals surface area contributed by atoms with Crippen LogP contribution in [0, 0.1) is 5.82 Å². The van der Waals surface area contributed by atoms with Crippen molar-refractivity contribution in [2.75, 3.05) is 19.8 Å². The predicted molar refractivity (Wildman–Crippen MR) is 150 cm³/mol. The van der Waals surface area contributed by atoms with E-state index in [1.54, 1.807) is 76.5 Å². The van der Waals surface area contributed by atoms with Crippen molar-refractivity contribution < 1.29 is 27.5 Å². The van der Waals surface area contributed by atoms with E-state index in [4.69, 9.17) is 0 Å². The number of halogens is 1. The molecule has 0 aliphatic carbocycles. The molecule has 3 aromatic rings. The minimum absolute atomic E-state index is 0.000167. The lowest BCUT2D eigenvalue weighted by Gasteiger charge is -2.32. The van der Waals surface area contributed by atoms with E-state index in [9.17, 15) is 27.5 Å². The van der Waals surface area contributed by atoms with Gasteiger partial charge in [0.25, 0.3) is 0 Å². The second-order valence-electron chi connectivity index (χ2n) is 10.6. The smallest absolute Gasteiger partial charge is 0.240 e. The Morgan fingerprint density at radius 3 is 2.15 bits per heavy atom. The number of benzene rings is 2. The Morgan fingerprint density at radius 1 is 1.02 bits per heavy atom. The van der Waals surface area contributed by atoms with Gasteiger partial charge in [-0.2, -0.15) is 0 Å². The standard InChI is InChI=1S/C30H32FN3O5S/c1-30(2,37)26-17-20(13-15-32-26)18-34(25-14-16-40(38,39)19-25)29(36)27(28(35)33(3)4)23-7-5-21(6-8-23)22-9-11-24(31)12-10-22/h5-17,25,27,37H,18-19H2,1-4H3/t25-,27+/m0/s1. The molecule has 0 saturated carbocycles. The van der Waals surface area contributed by atoms with Crippen LogP contribution in [0.3, 0.4) is 0 Å². The molecule has 8 nitrogen and oxygen atoms in total. The molecule has 0 bridgehead atoms. The van der Waals surface area contributed by atoms with E-state index in [1.807, 2.05) is 0 Å². The zero-order valence-corrected chi connectivity index (χ0v) is 23.6. The molecule has 4 rings (SSSR count). The number of pyridine rings is 1. The Labute approximate surface area is 233 Å². The Bertz CT molecular complexity index is 1530. The number of carbonyl (C=O) groups is 2. The summed E-state index contributed by atoms with van der Waals surface area (Å²) in [5.41, 5.74) is 1.79. The number of hydrogen-bond donors (Lipinski definition) is 1. The highest BCUT2D eigenvalue weighted by molar-refractivity contribution is 7.94. The summed E-state index contributed by atoms with van der Waals surface area (Å²) < 4.78 is 38.0. The first kappa shape index (κ1) is 29.1. The molecule has 1 aliphatic heterocycles. The maximum Gasteiger partial charge on any atom is 0.240 e. The molecule has 1 aromatic heterocycles. The summed E-state index contributed by atoms with van der Waals surface area (Å²) in [7, 11) is -0.405. The van der Waals surface area contributed by atoms with Gasteiger partial charge in [-0.1, -0.05) is 36.4 Å². The van der Waals surface area contributed by atoms with Crippen LogP contribution in [0.4, 0.5) is 4.39 Å². The van der Waals surface area contributed by atoms with Gasteiger partial charge in [-0.3, -0.25) is 14.6 Å². The van der Waals surface area contributed by atoms with Gasteiger partial charge in [-0.25, -0.2) is 12.8 Å². The van der Waals surface area contributed by atoms with Crippen LogP contribution in [0.15, 0.2) is 78.3 Å². The van der Waals surface area contributed by atoms with E-state index in [0.29, 0.717) is 16.8 Å². The molecule has 2 atom stereocenters. The Hall–Kier alpha value is -3.89. The van der Waals surface area contributed by atoms with Gasteiger partial charge in [0.1, 0.15) is 17.3 Å². The normalized spacial score (nSPS) is 16.9. The summed E-state index contributed by atoms with van der Waals surface area (Å²) in [6, 6.07) is 15.4. The van der Waals surface area contributed by atoms with Gasteiger partial charge in [0, 0.05) is 32.2 Å². The number of rotatable bonds is 8. The summed E-state index contributed by atoms with van der Waals surface area (Å²) in [6.07, 6.45) is 2.98. The largest absolute Gasteiger partial charge is 0.384 e. The Morgan fingerprint density at radius 2 is 1.62 bits per heavy atom. The summed E-state index contributed by atoms with van der Waals surface area (Å²) in [4.78, 5) is 34.6. The average molecular weight is 566 g/mol. The predicted octanol–water partition coefficient (Wildman–Crippen LogP) is 3.63. The molecule has 2 heterocycles. The Balaban J connectivity index is 1.73. The third kappa shape index (κ3) is 6.63. The Kier molecular flexibility index (Phi) is 8.23. The van der Waals surface area contributed by atoms with E-state index < -0.39 is 39.2 Å². The van der Waals surface area contributed by atoms with E-state index in [-0.39, 0.29) is 18.1 Å². The van der Waals surface area contributed by atoms with E-state index in [2.05, 4.69) is 4.98 Å². The highest BCUT2D eigenvalue weighted by atomic mass is 32.2. The fourth-order valence-electron chi connectivity index (χ4n) is 4.54. The molecule has 1 N–H and O–H groups in total. The van der Waals surface area contributed by atoms with Crippen molar-refractivity contribution in [3.63, 3.8) is 0 Å². The first-order valence-electron chi connectivity index (χ1n) is 12.7. The SMILES string of the molecule is CN(C)C(=O)[C@H](C(=O)N(Cc1ccnc(C(C)(C)O)c1)[C@H]1C=CS(=O)(=O)C1)c1ccc(-c2ccc(F)cc2)cc1. The van der Waals surface area contributed by atoms with Crippen LogP contribution in [0.25, 0.3) is 11.1 Å². The maximum absolute atomic E-state index is 14.2. The number of amides is 2. The van der Waals surface area contributed by atoms with Crippen molar-refractivity contribution in [3.8, 4) is 11.1 Å². The molecular weight excluding hydrogens is 533 g/mol. The molecule has 10 heteroatoms. The molecule has 0 fully saturated rings. The molecule has 40 heavy (non-hydrogen) atoms. The van der Waals surface area contributed by atoms with Gasteiger partial charge in [-0.05, 0) is 66.4 Å². The molecule has 0 radical (unpaired) electrons. The number of likely N-dealkylation sites (N-methyl/N-ethyl adjacent to an activating group) is 1. The summed E-state index contributed by atoms with van der Waals surface area (Å²) in [5, 5.41) is 11.5.